The Morgan fingerprint density at radius 3 is 2.21 bits per heavy atom. The van der Waals surface area contributed by atoms with E-state index in [1.54, 1.807) is 12.1 Å². The molecule has 14 heavy (non-hydrogen) atoms. The maximum Gasteiger partial charge on any atom is 0.175 e. The van der Waals surface area contributed by atoms with E-state index >= 15 is 0 Å². The number of hydrogen-bond acceptors (Lipinski definition) is 3. The third-order valence-electron chi connectivity index (χ3n) is 2.10. The average molecular weight is 213 g/mol. The lowest BCUT2D eigenvalue weighted by molar-refractivity contribution is 0.601. The Kier molecular flexibility index (Phi) is 3.29. The zero-order valence-corrected chi connectivity index (χ0v) is 9.26. The lowest BCUT2D eigenvalue weighted by atomic mass is 10.1. The lowest BCUT2D eigenvalue weighted by Crippen LogP contribution is -2.03. The summed E-state index contributed by atoms with van der Waals surface area (Å²) >= 11 is 0. The first-order chi connectivity index (χ1) is 6.47. The molecule has 1 aromatic rings. The van der Waals surface area contributed by atoms with Gasteiger partial charge in [-0.15, -0.1) is 0 Å². The molecule has 0 bridgehead atoms. The number of nitrogens with two attached hydrogens (primary N) is 1. The fraction of sp³-hybridized carbons (Fsp3) is 0.400. The van der Waals surface area contributed by atoms with Gasteiger partial charge in [0, 0.05) is 12.8 Å². The number of aryl methyl sites for hydroxylation is 1. The summed E-state index contributed by atoms with van der Waals surface area (Å²) in [4.78, 5) is 0.359. The van der Waals surface area contributed by atoms with Crippen LogP contribution < -0.4 is 5.73 Å². The molecule has 1 rings (SSSR count). The Labute approximate surface area is 84.9 Å². The summed E-state index contributed by atoms with van der Waals surface area (Å²) in [5.41, 5.74) is 7.36. The Bertz CT molecular complexity index is 401. The number of benzene rings is 1. The SMILES string of the molecule is CCc1cc(CN)cc(S(C)(=O)=O)c1. The highest BCUT2D eigenvalue weighted by Crippen LogP contribution is 2.15. The molecule has 0 atom stereocenters. The van der Waals surface area contributed by atoms with Gasteiger partial charge in [-0.25, -0.2) is 8.42 Å². The lowest BCUT2D eigenvalue weighted by Gasteiger charge is -2.05. The highest BCUT2D eigenvalue weighted by molar-refractivity contribution is 7.90. The Morgan fingerprint density at radius 1 is 1.21 bits per heavy atom. The van der Waals surface area contributed by atoms with Crippen molar-refractivity contribution in [1.82, 2.24) is 0 Å². The monoisotopic (exact) mass is 213 g/mol. The van der Waals surface area contributed by atoms with E-state index in [9.17, 15) is 8.42 Å². The number of hydrogen-bond donors (Lipinski definition) is 1. The minimum absolute atomic E-state index is 0.359. The predicted molar refractivity (Wildman–Crippen MR) is 56.8 cm³/mol. The van der Waals surface area contributed by atoms with Crippen LogP contribution in [0.1, 0.15) is 18.1 Å². The van der Waals surface area contributed by atoms with Crippen molar-refractivity contribution in [2.75, 3.05) is 6.26 Å². The maximum atomic E-state index is 11.3. The van der Waals surface area contributed by atoms with E-state index in [1.807, 2.05) is 13.0 Å². The molecule has 1 aromatic carbocycles. The smallest absolute Gasteiger partial charge is 0.175 e. The van der Waals surface area contributed by atoms with Crippen molar-refractivity contribution in [2.45, 2.75) is 24.8 Å². The Hall–Kier alpha value is -0.870. The summed E-state index contributed by atoms with van der Waals surface area (Å²) in [6.07, 6.45) is 2.03. The van der Waals surface area contributed by atoms with Gasteiger partial charge in [0.1, 0.15) is 0 Å². The minimum atomic E-state index is -3.12. The quantitative estimate of drug-likeness (QED) is 0.818. The fourth-order valence-electron chi connectivity index (χ4n) is 1.26. The van der Waals surface area contributed by atoms with E-state index in [0.29, 0.717) is 11.4 Å². The largest absolute Gasteiger partial charge is 0.326 e. The first kappa shape index (κ1) is 11.2. The van der Waals surface area contributed by atoms with Crippen LogP contribution in [0.2, 0.25) is 0 Å². The molecule has 0 heterocycles. The maximum absolute atomic E-state index is 11.3. The summed E-state index contributed by atoms with van der Waals surface area (Å²) in [5, 5.41) is 0. The van der Waals surface area contributed by atoms with Gasteiger partial charge >= 0.3 is 0 Å². The van der Waals surface area contributed by atoms with Crippen molar-refractivity contribution in [1.29, 1.82) is 0 Å². The topological polar surface area (TPSA) is 60.2 Å². The molecular formula is C10H15NO2S. The van der Waals surface area contributed by atoms with Crippen molar-refractivity contribution >= 4 is 9.84 Å². The van der Waals surface area contributed by atoms with Crippen LogP contribution in [0.25, 0.3) is 0 Å². The second-order valence-electron chi connectivity index (χ2n) is 3.32. The zero-order valence-electron chi connectivity index (χ0n) is 8.45. The summed E-state index contributed by atoms with van der Waals surface area (Å²) < 4.78 is 22.7. The van der Waals surface area contributed by atoms with Gasteiger partial charge in [0.25, 0.3) is 0 Å². The van der Waals surface area contributed by atoms with Crippen LogP contribution in [0.3, 0.4) is 0 Å². The first-order valence-corrected chi connectivity index (χ1v) is 6.39. The molecule has 0 amide bonds. The molecule has 0 fully saturated rings. The highest BCUT2D eigenvalue weighted by Gasteiger charge is 2.08. The Balaban J connectivity index is 3.32. The zero-order chi connectivity index (χ0) is 10.8. The molecule has 4 heteroatoms. The van der Waals surface area contributed by atoms with Gasteiger partial charge < -0.3 is 5.73 Å². The van der Waals surface area contributed by atoms with Crippen LogP contribution in [-0.4, -0.2) is 14.7 Å². The van der Waals surface area contributed by atoms with Crippen LogP contribution in [0.5, 0.6) is 0 Å². The van der Waals surface area contributed by atoms with Crippen LogP contribution >= 0.6 is 0 Å². The van der Waals surface area contributed by atoms with E-state index in [-0.39, 0.29) is 0 Å². The predicted octanol–water partition coefficient (Wildman–Crippen LogP) is 1.11. The summed E-state index contributed by atoms with van der Waals surface area (Å²) in [5.74, 6) is 0. The van der Waals surface area contributed by atoms with Crippen LogP contribution in [0, 0.1) is 0 Å². The minimum Gasteiger partial charge on any atom is -0.326 e. The standard InChI is InChI=1S/C10H15NO2S/c1-3-8-4-9(7-11)6-10(5-8)14(2,12)13/h4-6H,3,7,11H2,1-2H3. The second kappa shape index (κ2) is 4.11. The van der Waals surface area contributed by atoms with E-state index < -0.39 is 9.84 Å². The van der Waals surface area contributed by atoms with Gasteiger partial charge in [-0.3, -0.25) is 0 Å². The molecule has 78 valence electrons. The second-order valence-corrected chi connectivity index (χ2v) is 5.33. The van der Waals surface area contributed by atoms with Crippen molar-refractivity contribution in [3.63, 3.8) is 0 Å². The van der Waals surface area contributed by atoms with Crippen LogP contribution in [0.15, 0.2) is 23.1 Å². The molecule has 0 saturated carbocycles. The molecule has 2 N–H and O–H groups in total. The molecule has 0 aliphatic rings. The summed E-state index contributed by atoms with van der Waals surface area (Å²) in [6, 6.07) is 5.28. The third kappa shape index (κ3) is 2.56. The van der Waals surface area contributed by atoms with E-state index in [1.165, 1.54) is 6.26 Å². The molecule has 0 saturated heterocycles. The molecule has 0 radical (unpaired) electrons. The molecule has 0 aliphatic carbocycles. The first-order valence-electron chi connectivity index (χ1n) is 4.50. The van der Waals surface area contributed by atoms with Crippen molar-refractivity contribution in [2.24, 2.45) is 5.73 Å². The van der Waals surface area contributed by atoms with Crippen molar-refractivity contribution in [3.8, 4) is 0 Å². The summed E-state index contributed by atoms with van der Waals surface area (Å²) in [6.45, 7) is 2.36. The van der Waals surface area contributed by atoms with Gasteiger partial charge in [0.15, 0.2) is 9.84 Å². The molecule has 3 nitrogen and oxygen atoms in total. The van der Waals surface area contributed by atoms with Gasteiger partial charge in [-0.1, -0.05) is 13.0 Å². The molecule has 0 unspecified atom stereocenters. The molecule has 0 spiro atoms. The number of rotatable bonds is 3. The van der Waals surface area contributed by atoms with Gasteiger partial charge in [0.2, 0.25) is 0 Å². The fourth-order valence-corrected chi connectivity index (χ4v) is 2.00. The van der Waals surface area contributed by atoms with E-state index in [4.69, 9.17) is 5.73 Å². The molecule has 0 aromatic heterocycles. The van der Waals surface area contributed by atoms with Gasteiger partial charge in [-0.2, -0.15) is 0 Å². The van der Waals surface area contributed by atoms with Crippen LogP contribution in [-0.2, 0) is 22.8 Å². The van der Waals surface area contributed by atoms with Crippen molar-refractivity contribution in [3.05, 3.63) is 29.3 Å². The molecular weight excluding hydrogens is 198 g/mol. The highest BCUT2D eigenvalue weighted by atomic mass is 32.2. The van der Waals surface area contributed by atoms with Gasteiger partial charge in [0.05, 0.1) is 4.90 Å². The molecule has 0 aliphatic heterocycles. The average Bonchev–Trinajstić information content (AvgIpc) is 2.15. The van der Waals surface area contributed by atoms with Crippen molar-refractivity contribution < 1.29 is 8.42 Å². The van der Waals surface area contributed by atoms with Gasteiger partial charge in [-0.05, 0) is 29.7 Å². The number of sulfone groups is 1. The van der Waals surface area contributed by atoms with E-state index in [2.05, 4.69) is 0 Å². The third-order valence-corrected chi connectivity index (χ3v) is 3.19. The van der Waals surface area contributed by atoms with Crippen LogP contribution in [0.4, 0.5) is 0 Å². The van der Waals surface area contributed by atoms with E-state index in [0.717, 1.165) is 17.5 Å². The Morgan fingerprint density at radius 2 is 1.79 bits per heavy atom. The normalized spacial score (nSPS) is 11.6. The summed E-state index contributed by atoms with van der Waals surface area (Å²) in [7, 11) is -3.12.